The highest BCUT2D eigenvalue weighted by atomic mass is 19.4. The van der Waals surface area contributed by atoms with E-state index < -0.39 is 35.8 Å². The first kappa shape index (κ1) is 26.4. The van der Waals surface area contributed by atoms with Crippen molar-refractivity contribution in [2.45, 2.75) is 58.0 Å². The van der Waals surface area contributed by atoms with E-state index in [0.29, 0.717) is 24.9 Å². The number of carbonyl (C=O) groups excluding carboxylic acids is 2. The number of fused-ring (bicyclic) bond motifs is 1. The molecule has 0 spiro atoms. The van der Waals surface area contributed by atoms with E-state index in [1.165, 1.54) is 24.1 Å². The number of rotatable bonds is 6. The van der Waals surface area contributed by atoms with Gasteiger partial charge in [-0.25, -0.2) is 14.8 Å². The van der Waals surface area contributed by atoms with Gasteiger partial charge in [-0.15, -0.1) is 0 Å². The van der Waals surface area contributed by atoms with Gasteiger partial charge in [0, 0.05) is 17.5 Å². The first-order valence-corrected chi connectivity index (χ1v) is 11.8. The molecule has 198 valence electrons. The molecule has 9 nitrogen and oxygen atoms in total. The lowest BCUT2D eigenvalue weighted by molar-refractivity contribution is -0.152. The van der Waals surface area contributed by atoms with Crippen LogP contribution in [0.1, 0.15) is 61.6 Å². The summed E-state index contributed by atoms with van der Waals surface area (Å²) in [5.74, 6) is -0.846. The van der Waals surface area contributed by atoms with Crippen LogP contribution in [0.15, 0.2) is 28.7 Å². The first-order chi connectivity index (χ1) is 17.4. The number of nitrogens with two attached hydrogens (primary N) is 1. The third-order valence-electron chi connectivity index (χ3n) is 5.97. The Hall–Kier alpha value is -3.67. The minimum Gasteiger partial charge on any atom is -0.494 e. The molecule has 0 unspecified atom stereocenters. The van der Waals surface area contributed by atoms with Crippen molar-refractivity contribution >= 4 is 22.8 Å². The standard InChI is InChI=1S/C25H27F3N4O5/c1-12(2)36-24(34)16-6-5-11-32(16)23(33)20-21(13(3)29)37-22(31-20)15-7-9-17(35-4)19-14(15)8-10-18(30-19)25(26,27)28/h7-10,12-13,16H,5-6,11,29H2,1-4H3/t13-,16-/m0/s1. The number of benzene rings is 1. The summed E-state index contributed by atoms with van der Waals surface area (Å²) in [5, 5.41) is 0.281. The Labute approximate surface area is 210 Å². The molecule has 3 heterocycles. The average Bonchev–Trinajstić information content (AvgIpc) is 3.49. The van der Waals surface area contributed by atoms with E-state index in [0.717, 1.165) is 6.07 Å². The summed E-state index contributed by atoms with van der Waals surface area (Å²) < 4.78 is 56.3. The smallest absolute Gasteiger partial charge is 0.433 e. The Morgan fingerprint density at radius 2 is 1.89 bits per heavy atom. The molecule has 1 amide bonds. The summed E-state index contributed by atoms with van der Waals surface area (Å²) in [6.45, 7) is 5.39. The van der Waals surface area contributed by atoms with E-state index in [1.807, 2.05) is 0 Å². The van der Waals surface area contributed by atoms with Crippen LogP contribution in [-0.2, 0) is 15.7 Å². The molecule has 37 heavy (non-hydrogen) atoms. The van der Waals surface area contributed by atoms with E-state index in [1.54, 1.807) is 26.8 Å². The van der Waals surface area contributed by atoms with Crippen LogP contribution in [0.4, 0.5) is 13.2 Å². The first-order valence-electron chi connectivity index (χ1n) is 11.8. The van der Waals surface area contributed by atoms with Crippen molar-refractivity contribution in [3.05, 3.63) is 41.4 Å². The van der Waals surface area contributed by atoms with E-state index >= 15 is 0 Å². The fourth-order valence-electron chi connectivity index (χ4n) is 4.31. The van der Waals surface area contributed by atoms with Crippen LogP contribution >= 0.6 is 0 Å². The topological polar surface area (TPSA) is 121 Å². The van der Waals surface area contributed by atoms with Gasteiger partial charge in [-0.2, -0.15) is 13.2 Å². The zero-order valence-electron chi connectivity index (χ0n) is 20.8. The van der Waals surface area contributed by atoms with E-state index in [4.69, 9.17) is 19.6 Å². The summed E-state index contributed by atoms with van der Waals surface area (Å²) >= 11 is 0. The number of oxazole rings is 1. The van der Waals surface area contributed by atoms with Crippen LogP contribution < -0.4 is 10.5 Å². The molecule has 0 aliphatic carbocycles. The molecule has 2 aromatic heterocycles. The van der Waals surface area contributed by atoms with Gasteiger partial charge in [0.15, 0.2) is 11.5 Å². The number of esters is 1. The number of likely N-dealkylation sites (tertiary alicyclic amines) is 1. The van der Waals surface area contributed by atoms with Gasteiger partial charge in [0.2, 0.25) is 5.89 Å². The molecule has 2 atom stereocenters. The predicted molar refractivity (Wildman–Crippen MR) is 127 cm³/mol. The summed E-state index contributed by atoms with van der Waals surface area (Å²) in [7, 11) is 1.32. The van der Waals surface area contributed by atoms with Crippen LogP contribution in [0.5, 0.6) is 5.75 Å². The second-order valence-electron chi connectivity index (χ2n) is 9.07. The largest absolute Gasteiger partial charge is 0.494 e. The van der Waals surface area contributed by atoms with Crippen LogP contribution in [-0.4, -0.2) is 52.5 Å². The number of halogens is 3. The van der Waals surface area contributed by atoms with Crippen molar-refractivity contribution in [3.63, 3.8) is 0 Å². The molecule has 0 saturated carbocycles. The molecule has 0 bridgehead atoms. The summed E-state index contributed by atoms with van der Waals surface area (Å²) in [6.07, 6.45) is -3.93. The average molecular weight is 521 g/mol. The number of alkyl halides is 3. The number of carbonyl (C=O) groups is 2. The lowest BCUT2D eigenvalue weighted by atomic mass is 10.1. The van der Waals surface area contributed by atoms with Crippen molar-refractivity contribution in [2.75, 3.05) is 13.7 Å². The zero-order valence-corrected chi connectivity index (χ0v) is 20.8. The van der Waals surface area contributed by atoms with Gasteiger partial charge in [0.05, 0.1) is 19.3 Å². The van der Waals surface area contributed by atoms with Crippen molar-refractivity contribution < 1.29 is 36.7 Å². The van der Waals surface area contributed by atoms with Crippen molar-refractivity contribution in [2.24, 2.45) is 5.73 Å². The van der Waals surface area contributed by atoms with Crippen molar-refractivity contribution in [1.29, 1.82) is 0 Å². The maximum Gasteiger partial charge on any atom is 0.433 e. The number of ether oxygens (including phenoxy) is 2. The molecular weight excluding hydrogens is 493 g/mol. The maximum absolute atomic E-state index is 13.5. The Morgan fingerprint density at radius 3 is 2.51 bits per heavy atom. The number of hydrogen-bond donors (Lipinski definition) is 1. The third kappa shape index (κ3) is 5.10. The van der Waals surface area contributed by atoms with Crippen LogP contribution in [0.2, 0.25) is 0 Å². The quantitative estimate of drug-likeness (QED) is 0.472. The third-order valence-corrected chi connectivity index (χ3v) is 5.97. The molecule has 1 aromatic carbocycles. The van der Waals surface area contributed by atoms with E-state index in [2.05, 4.69) is 9.97 Å². The molecule has 1 aliphatic heterocycles. The highest BCUT2D eigenvalue weighted by Crippen LogP contribution is 2.38. The number of hydrogen-bond acceptors (Lipinski definition) is 8. The number of amides is 1. The van der Waals surface area contributed by atoms with Gasteiger partial charge in [-0.05, 0) is 57.9 Å². The number of nitrogens with zero attached hydrogens (tertiary/aromatic N) is 3. The van der Waals surface area contributed by atoms with Crippen LogP contribution in [0.3, 0.4) is 0 Å². The molecule has 12 heteroatoms. The molecule has 1 aliphatic rings. The van der Waals surface area contributed by atoms with E-state index in [-0.39, 0.29) is 40.1 Å². The zero-order chi connectivity index (χ0) is 27.1. The second-order valence-corrected chi connectivity index (χ2v) is 9.07. The second kappa shape index (κ2) is 10.0. The fraction of sp³-hybridized carbons (Fsp3) is 0.440. The van der Waals surface area contributed by atoms with Crippen molar-refractivity contribution in [3.8, 4) is 17.2 Å². The predicted octanol–water partition coefficient (Wildman–Crippen LogP) is 4.49. The molecule has 1 fully saturated rings. The van der Waals surface area contributed by atoms with Gasteiger partial charge in [0.25, 0.3) is 5.91 Å². The maximum atomic E-state index is 13.5. The molecule has 0 radical (unpaired) electrons. The minimum atomic E-state index is -4.65. The normalized spacial score (nSPS) is 16.9. The monoisotopic (exact) mass is 520 g/mol. The van der Waals surface area contributed by atoms with Gasteiger partial charge < -0.3 is 24.5 Å². The number of aromatic nitrogens is 2. The van der Waals surface area contributed by atoms with Gasteiger partial charge in [-0.1, -0.05) is 0 Å². The Bertz CT molecular complexity index is 1340. The number of pyridine rings is 1. The molecule has 1 saturated heterocycles. The van der Waals surface area contributed by atoms with Gasteiger partial charge in [0.1, 0.15) is 23.0 Å². The highest BCUT2D eigenvalue weighted by molar-refractivity contribution is 5.99. The Balaban J connectivity index is 1.79. The lowest BCUT2D eigenvalue weighted by Gasteiger charge is -2.23. The highest BCUT2D eigenvalue weighted by Gasteiger charge is 2.39. The molecule has 2 N–H and O–H groups in total. The SMILES string of the molecule is COc1ccc(-c2nc(C(=O)N3CCC[C@H]3C(=O)OC(C)C)c([C@H](C)N)o2)c2ccc(C(F)(F)F)nc12. The van der Waals surface area contributed by atoms with E-state index in [9.17, 15) is 22.8 Å². The van der Waals surface area contributed by atoms with Crippen LogP contribution in [0, 0.1) is 0 Å². The summed E-state index contributed by atoms with van der Waals surface area (Å²) in [5.41, 5.74) is 5.18. The van der Waals surface area contributed by atoms with Crippen molar-refractivity contribution in [1.82, 2.24) is 14.9 Å². The summed E-state index contributed by atoms with van der Waals surface area (Å²) in [6, 6.07) is 3.60. The molecular formula is C25H27F3N4O5. The molecule has 3 aromatic rings. The molecule has 4 rings (SSSR count). The number of methoxy groups -OCH3 is 1. The fourth-order valence-corrected chi connectivity index (χ4v) is 4.31. The Kier molecular flexibility index (Phi) is 7.13. The van der Waals surface area contributed by atoms with Crippen LogP contribution in [0.25, 0.3) is 22.4 Å². The van der Waals surface area contributed by atoms with Gasteiger partial charge in [-0.3, -0.25) is 4.79 Å². The minimum absolute atomic E-state index is 0.0228. The van der Waals surface area contributed by atoms with Gasteiger partial charge >= 0.3 is 12.1 Å². The Morgan fingerprint density at radius 1 is 1.16 bits per heavy atom. The summed E-state index contributed by atoms with van der Waals surface area (Å²) in [4.78, 5) is 35.6. The lowest BCUT2D eigenvalue weighted by Crippen LogP contribution is -2.42.